The molecule has 0 saturated carbocycles. The molecule has 2 unspecified atom stereocenters. The van der Waals surface area contributed by atoms with Crippen molar-refractivity contribution in [3.8, 4) is 0 Å². The standard InChI is InChI=1S/C34H54N2O3/c1-13-24(7)31(28(14-2)19-26(9)32(37)23(5)6)36-30-20-27(17-16-25(30)8)21-35-29(18-15-22(3)4)33(38)39-34(10,11)12/h14,16-17,19-20,22-24,29,35H,13,15,18,21H2,1-12H3/b26-19-,28-14+,36-31?. The molecular weight excluding hydrogens is 484 g/mol. The number of nitrogens with one attached hydrogen (secondary N) is 1. The number of carbonyl (C=O) groups excluding carboxylic acids is 2. The molecule has 5 nitrogen and oxygen atoms in total. The van der Waals surface area contributed by atoms with Crippen LogP contribution in [0.3, 0.4) is 0 Å². The SMILES string of the molecule is C/C=C(\C=C(\C)C(=O)C(C)C)C(=Nc1cc(CNC(CCC(C)C)C(=O)OC(C)(C)C)ccc1C)C(C)CC. The van der Waals surface area contributed by atoms with E-state index in [0.29, 0.717) is 12.5 Å². The molecule has 0 spiro atoms. The smallest absolute Gasteiger partial charge is 0.323 e. The molecule has 0 aromatic heterocycles. The van der Waals surface area contributed by atoms with Gasteiger partial charge in [0.25, 0.3) is 0 Å². The van der Waals surface area contributed by atoms with Gasteiger partial charge >= 0.3 is 5.97 Å². The maximum Gasteiger partial charge on any atom is 0.323 e. The van der Waals surface area contributed by atoms with Crippen molar-refractivity contribution >= 4 is 23.2 Å². The van der Waals surface area contributed by atoms with Crippen LogP contribution in [-0.2, 0) is 20.9 Å². The van der Waals surface area contributed by atoms with E-state index in [0.717, 1.165) is 52.9 Å². The normalized spacial score (nSPS) is 15.1. The minimum Gasteiger partial charge on any atom is -0.459 e. The number of benzene rings is 1. The van der Waals surface area contributed by atoms with Gasteiger partial charge in [0.1, 0.15) is 11.6 Å². The van der Waals surface area contributed by atoms with Crippen molar-refractivity contribution in [2.45, 2.75) is 121 Å². The molecule has 39 heavy (non-hydrogen) atoms. The third kappa shape index (κ3) is 12.0. The average Bonchev–Trinajstić information content (AvgIpc) is 2.84. The number of ether oxygens (including phenoxy) is 1. The minimum absolute atomic E-state index is 0.0418. The molecule has 0 fully saturated rings. The number of hydrogen-bond donors (Lipinski definition) is 1. The van der Waals surface area contributed by atoms with Crippen molar-refractivity contribution in [3.05, 3.63) is 52.6 Å². The van der Waals surface area contributed by atoms with Crippen LogP contribution < -0.4 is 5.32 Å². The second-order valence-corrected chi connectivity index (χ2v) is 12.5. The van der Waals surface area contributed by atoms with Gasteiger partial charge in [-0.3, -0.25) is 14.6 Å². The molecule has 1 N–H and O–H groups in total. The first kappa shape index (κ1) is 34.5. The zero-order chi connectivity index (χ0) is 29.9. The van der Waals surface area contributed by atoms with E-state index < -0.39 is 5.60 Å². The second-order valence-electron chi connectivity index (χ2n) is 12.5. The van der Waals surface area contributed by atoms with E-state index in [-0.39, 0.29) is 29.6 Å². The van der Waals surface area contributed by atoms with E-state index in [9.17, 15) is 9.59 Å². The molecular formula is C34H54N2O3. The van der Waals surface area contributed by atoms with Crippen LogP contribution in [0.25, 0.3) is 0 Å². The molecule has 218 valence electrons. The second kappa shape index (κ2) is 15.9. The van der Waals surface area contributed by atoms with Gasteiger partial charge in [0.2, 0.25) is 0 Å². The Labute approximate surface area is 238 Å². The average molecular weight is 539 g/mol. The van der Waals surface area contributed by atoms with Gasteiger partial charge in [-0.25, -0.2) is 0 Å². The van der Waals surface area contributed by atoms with E-state index in [4.69, 9.17) is 9.73 Å². The van der Waals surface area contributed by atoms with Gasteiger partial charge < -0.3 is 10.1 Å². The van der Waals surface area contributed by atoms with E-state index in [1.807, 2.05) is 60.6 Å². The highest BCUT2D eigenvalue weighted by Crippen LogP contribution is 2.26. The number of allylic oxidation sites excluding steroid dienone is 4. The first-order chi connectivity index (χ1) is 18.1. The molecule has 0 aliphatic rings. The summed E-state index contributed by atoms with van der Waals surface area (Å²) < 4.78 is 5.70. The van der Waals surface area contributed by atoms with Gasteiger partial charge in [-0.1, -0.05) is 59.8 Å². The first-order valence-electron chi connectivity index (χ1n) is 14.6. The van der Waals surface area contributed by atoms with Crippen LogP contribution >= 0.6 is 0 Å². The van der Waals surface area contributed by atoms with Crippen molar-refractivity contribution < 1.29 is 14.3 Å². The Hall–Kier alpha value is -2.53. The first-order valence-corrected chi connectivity index (χ1v) is 14.6. The number of esters is 1. The van der Waals surface area contributed by atoms with Gasteiger partial charge in [0, 0.05) is 12.5 Å². The van der Waals surface area contributed by atoms with E-state index in [1.165, 1.54) is 0 Å². The van der Waals surface area contributed by atoms with Crippen LogP contribution in [0.4, 0.5) is 5.69 Å². The Kier molecular flexibility index (Phi) is 14.1. The summed E-state index contributed by atoms with van der Waals surface area (Å²) in [6, 6.07) is 5.90. The van der Waals surface area contributed by atoms with E-state index in [2.05, 4.69) is 58.1 Å². The highest BCUT2D eigenvalue weighted by Gasteiger charge is 2.25. The zero-order valence-electron chi connectivity index (χ0n) is 26.7. The van der Waals surface area contributed by atoms with Gasteiger partial charge in [-0.05, 0) is 107 Å². The Morgan fingerprint density at radius 3 is 2.23 bits per heavy atom. The van der Waals surface area contributed by atoms with Gasteiger partial charge in [-0.15, -0.1) is 0 Å². The lowest BCUT2D eigenvalue weighted by Gasteiger charge is -2.25. The van der Waals surface area contributed by atoms with Crippen LogP contribution in [0.15, 0.2) is 46.5 Å². The van der Waals surface area contributed by atoms with E-state index in [1.54, 1.807) is 0 Å². The summed E-state index contributed by atoms with van der Waals surface area (Å²) in [6.07, 6.45) is 6.64. The van der Waals surface area contributed by atoms with Gasteiger partial charge in [-0.2, -0.15) is 0 Å². The monoisotopic (exact) mass is 538 g/mol. The number of rotatable bonds is 14. The Balaban J connectivity index is 3.34. The van der Waals surface area contributed by atoms with Crippen molar-refractivity contribution in [2.24, 2.45) is 22.7 Å². The Bertz CT molecular complexity index is 1050. The van der Waals surface area contributed by atoms with Crippen LogP contribution in [0.5, 0.6) is 0 Å². The number of nitrogens with zero attached hydrogens (tertiary/aromatic N) is 1. The molecule has 0 amide bonds. The van der Waals surface area contributed by atoms with Crippen LogP contribution in [-0.4, -0.2) is 29.1 Å². The Morgan fingerprint density at radius 1 is 1.08 bits per heavy atom. The number of Topliss-reactive ketones (excluding diaryl/α,β-unsaturated/α-hetero) is 1. The van der Waals surface area contributed by atoms with Crippen LogP contribution in [0.2, 0.25) is 0 Å². The largest absolute Gasteiger partial charge is 0.459 e. The fourth-order valence-corrected chi connectivity index (χ4v) is 4.15. The topological polar surface area (TPSA) is 67.8 Å². The number of ketones is 1. The third-order valence-corrected chi connectivity index (χ3v) is 6.76. The molecule has 2 atom stereocenters. The third-order valence-electron chi connectivity index (χ3n) is 6.76. The fraction of sp³-hybridized carbons (Fsp3) is 0.618. The summed E-state index contributed by atoms with van der Waals surface area (Å²) in [6.45, 7) is 24.7. The lowest BCUT2D eigenvalue weighted by atomic mass is 9.92. The van der Waals surface area contributed by atoms with Gasteiger partial charge in [0.05, 0.1) is 11.4 Å². The molecule has 1 aromatic rings. The number of aliphatic imine (C=N–C) groups is 1. The molecule has 0 heterocycles. The molecule has 0 aliphatic heterocycles. The van der Waals surface area contributed by atoms with Crippen molar-refractivity contribution in [1.29, 1.82) is 0 Å². The van der Waals surface area contributed by atoms with Crippen molar-refractivity contribution in [1.82, 2.24) is 5.32 Å². The summed E-state index contributed by atoms with van der Waals surface area (Å²) in [4.78, 5) is 30.6. The summed E-state index contributed by atoms with van der Waals surface area (Å²) in [5.74, 6) is 0.635. The quantitative estimate of drug-likeness (QED) is 0.112. The molecule has 5 heteroatoms. The predicted octanol–water partition coefficient (Wildman–Crippen LogP) is 8.47. The van der Waals surface area contributed by atoms with Crippen LogP contribution in [0, 0.1) is 24.7 Å². The van der Waals surface area contributed by atoms with Gasteiger partial charge in [0.15, 0.2) is 5.78 Å². The Morgan fingerprint density at radius 2 is 1.72 bits per heavy atom. The summed E-state index contributed by atoms with van der Waals surface area (Å²) in [5.41, 5.74) is 5.23. The predicted molar refractivity (Wildman–Crippen MR) is 166 cm³/mol. The lowest BCUT2D eigenvalue weighted by Crippen LogP contribution is -2.41. The highest BCUT2D eigenvalue weighted by atomic mass is 16.6. The highest BCUT2D eigenvalue weighted by molar-refractivity contribution is 6.07. The molecule has 0 radical (unpaired) electrons. The molecule has 0 saturated heterocycles. The van der Waals surface area contributed by atoms with E-state index >= 15 is 0 Å². The van der Waals surface area contributed by atoms with Crippen molar-refractivity contribution in [3.63, 3.8) is 0 Å². The number of aryl methyl sites for hydroxylation is 1. The molecule has 0 bridgehead atoms. The molecule has 0 aliphatic carbocycles. The fourth-order valence-electron chi connectivity index (χ4n) is 4.15. The number of hydrogen-bond acceptors (Lipinski definition) is 5. The molecule has 1 rings (SSSR count). The van der Waals surface area contributed by atoms with Crippen molar-refractivity contribution in [2.75, 3.05) is 0 Å². The van der Waals surface area contributed by atoms with Crippen LogP contribution in [0.1, 0.15) is 107 Å². The maximum absolute atomic E-state index is 12.9. The summed E-state index contributed by atoms with van der Waals surface area (Å²) in [5, 5.41) is 3.45. The maximum atomic E-state index is 12.9. The zero-order valence-corrected chi connectivity index (χ0v) is 26.7. The molecule has 1 aromatic carbocycles. The minimum atomic E-state index is -0.524. The summed E-state index contributed by atoms with van der Waals surface area (Å²) in [7, 11) is 0. The lowest BCUT2D eigenvalue weighted by molar-refractivity contribution is -0.157. The summed E-state index contributed by atoms with van der Waals surface area (Å²) >= 11 is 0. The number of carbonyl (C=O) groups is 2.